The van der Waals surface area contributed by atoms with Crippen LogP contribution in [0.2, 0.25) is 0 Å². The summed E-state index contributed by atoms with van der Waals surface area (Å²) in [6, 6.07) is 4.03. The van der Waals surface area contributed by atoms with Crippen LogP contribution in [0.4, 0.5) is 10.5 Å². The molecular weight excluding hydrogens is 358 g/mol. The first-order valence-corrected chi connectivity index (χ1v) is 9.09. The second-order valence-corrected chi connectivity index (χ2v) is 8.35. The molecule has 5 heteroatoms. The van der Waals surface area contributed by atoms with E-state index in [9.17, 15) is 4.79 Å². The highest BCUT2D eigenvalue weighted by atomic mass is 79.9. The first-order valence-electron chi connectivity index (χ1n) is 8.30. The van der Waals surface area contributed by atoms with E-state index in [2.05, 4.69) is 27.3 Å². The Kier molecular flexibility index (Phi) is 4.59. The molecule has 0 spiro atoms. The number of anilines is 1. The van der Waals surface area contributed by atoms with Crippen molar-refractivity contribution in [2.75, 3.05) is 11.9 Å². The highest BCUT2D eigenvalue weighted by molar-refractivity contribution is 9.10. The molecule has 126 valence electrons. The van der Waals surface area contributed by atoms with Gasteiger partial charge in [0.05, 0.1) is 12.3 Å². The van der Waals surface area contributed by atoms with Crippen molar-refractivity contribution in [2.45, 2.75) is 58.0 Å². The molecule has 1 saturated carbocycles. The van der Waals surface area contributed by atoms with Gasteiger partial charge in [-0.15, -0.1) is 0 Å². The zero-order chi connectivity index (χ0) is 16.6. The number of amides is 1. The van der Waals surface area contributed by atoms with E-state index < -0.39 is 11.7 Å². The van der Waals surface area contributed by atoms with Gasteiger partial charge in [0.1, 0.15) is 11.4 Å². The number of fused-ring (bicyclic) bond motifs is 1. The summed E-state index contributed by atoms with van der Waals surface area (Å²) in [7, 11) is 0. The fourth-order valence-corrected chi connectivity index (χ4v) is 3.65. The minimum absolute atomic E-state index is 0.450. The molecule has 1 aromatic carbocycles. The molecular formula is C18H24BrNO3. The molecule has 4 nitrogen and oxygen atoms in total. The maximum absolute atomic E-state index is 12.1. The second kappa shape index (κ2) is 6.34. The van der Waals surface area contributed by atoms with Crippen molar-refractivity contribution in [3.8, 4) is 5.75 Å². The molecule has 0 aromatic heterocycles. The van der Waals surface area contributed by atoms with Crippen molar-refractivity contribution in [1.29, 1.82) is 0 Å². The van der Waals surface area contributed by atoms with Crippen LogP contribution in [0, 0.1) is 5.92 Å². The third kappa shape index (κ3) is 4.19. The van der Waals surface area contributed by atoms with Crippen LogP contribution in [0.25, 0.3) is 0 Å². The Balaban J connectivity index is 1.90. The summed E-state index contributed by atoms with van der Waals surface area (Å²) in [5.41, 5.74) is 1.38. The van der Waals surface area contributed by atoms with Gasteiger partial charge in [-0.05, 0) is 70.4 Å². The van der Waals surface area contributed by atoms with E-state index in [-0.39, 0.29) is 0 Å². The van der Waals surface area contributed by atoms with Gasteiger partial charge in [-0.1, -0.05) is 15.9 Å². The lowest BCUT2D eigenvalue weighted by Gasteiger charge is -2.22. The molecule has 1 N–H and O–H groups in total. The molecule has 0 bridgehead atoms. The van der Waals surface area contributed by atoms with Gasteiger partial charge < -0.3 is 9.47 Å². The fourth-order valence-electron chi connectivity index (χ4n) is 3.18. The maximum Gasteiger partial charge on any atom is 0.412 e. The van der Waals surface area contributed by atoms with Gasteiger partial charge in [0.25, 0.3) is 0 Å². The van der Waals surface area contributed by atoms with Crippen molar-refractivity contribution in [2.24, 2.45) is 5.92 Å². The van der Waals surface area contributed by atoms with Gasteiger partial charge in [-0.25, -0.2) is 4.79 Å². The topological polar surface area (TPSA) is 47.6 Å². The van der Waals surface area contributed by atoms with Crippen LogP contribution in [0.15, 0.2) is 16.6 Å². The smallest absolute Gasteiger partial charge is 0.412 e. The summed E-state index contributed by atoms with van der Waals surface area (Å²) >= 11 is 3.57. The summed E-state index contributed by atoms with van der Waals surface area (Å²) in [5.74, 6) is 2.11. The SMILES string of the molecule is CC(C)(C)OC(=O)Nc1cc(Br)cc2c1OCCCC2C1CC1. The van der Waals surface area contributed by atoms with Crippen LogP contribution in [0.3, 0.4) is 0 Å². The van der Waals surface area contributed by atoms with Crippen LogP contribution >= 0.6 is 15.9 Å². The predicted molar refractivity (Wildman–Crippen MR) is 94.2 cm³/mol. The third-order valence-corrected chi connectivity index (χ3v) is 4.67. The van der Waals surface area contributed by atoms with Gasteiger partial charge in [0.15, 0.2) is 0 Å². The summed E-state index contributed by atoms with van der Waals surface area (Å²) in [4.78, 5) is 12.1. The third-order valence-electron chi connectivity index (χ3n) is 4.21. The van der Waals surface area contributed by atoms with E-state index in [0.29, 0.717) is 18.2 Å². The summed E-state index contributed by atoms with van der Waals surface area (Å²) < 4.78 is 12.3. The molecule has 1 aromatic rings. The monoisotopic (exact) mass is 381 g/mol. The van der Waals surface area contributed by atoms with Gasteiger partial charge in [-0.3, -0.25) is 5.32 Å². The first-order chi connectivity index (χ1) is 10.8. The molecule has 1 aliphatic carbocycles. The number of hydrogen-bond acceptors (Lipinski definition) is 3. The number of ether oxygens (including phenoxy) is 2. The molecule has 23 heavy (non-hydrogen) atoms. The summed E-state index contributed by atoms with van der Waals surface area (Å²) in [6.07, 6.45) is 4.35. The van der Waals surface area contributed by atoms with Crippen molar-refractivity contribution >= 4 is 27.7 Å². The lowest BCUT2D eigenvalue weighted by Crippen LogP contribution is -2.27. The molecule has 0 radical (unpaired) electrons. The quantitative estimate of drug-likeness (QED) is 0.739. The Bertz CT molecular complexity index is 605. The van der Waals surface area contributed by atoms with Gasteiger partial charge in [0, 0.05) is 10.0 Å². The first kappa shape index (κ1) is 16.6. The number of carbonyl (C=O) groups is 1. The van der Waals surface area contributed by atoms with Gasteiger partial charge >= 0.3 is 6.09 Å². The van der Waals surface area contributed by atoms with E-state index in [1.807, 2.05) is 26.8 Å². The highest BCUT2D eigenvalue weighted by Crippen LogP contribution is 2.51. The number of rotatable bonds is 2. The van der Waals surface area contributed by atoms with Crippen molar-refractivity contribution in [3.05, 3.63) is 22.2 Å². The van der Waals surface area contributed by atoms with Crippen molar-refractivity contribution in [3.63, 3.8) is 0 Å². The molecule has 1 heterocycles. The minimum atomic E-state index is -0.523. The average Bonchev–Trinajstić information content (AvgIpc) is 3.21. The van der Waals surface area contributed by atoms with Gasteiger partial charge in [0.2, 0.25) is 0 Å². The predicted octanol–water partition coefficient (Wildman–Crippen LogP) is 5.46. The number of hydrogen-bond donors (Lipinski definition) is 1. The summed E-state index contributed by atoms with van der Waals surface area (Å²) in [5, 5.41) is 2.86. The molecule has 1 aliphatic heterocycles. The van der Waals surface area contributed by atoms with Crippen LogP contribution in [-0.4, -0.2) is 18.3 Å². The number of benzene rings is 1. The average molecular weight is 382 g/mol. The number of carbonyl (C=O) groups excluding carboxylic acids is 1. The number of nitrogens with one attached hydrogen (secondary N) is 1. The Morgan fingerprint density at radius 3 is 2.70 bits per heavy atom. The highest BCUT2D eigenvalue weighted by Gasteiger charge is 2.36. The van der Waals surface area contributed by atoms with Crippen molar-refractivity contribution < 1.29 is 14.3 Å². The minimum Gasteiger partial charge on any atom is -0.491 e. The lowest BCUT2D eigenvalue weighted by molar-refractivity contribution is 0.0635. The molecule has 1 unspecified atom stereocenters. The molecule has 1 atom stereocenters. The maximum atomic E-state index is 12.1. The standard InChI is InChI=1S/C18H24BrNO3/c1-18(2,3)23-17(21)20-15-10-12(19)9-14-13(11-6-7-11)5-4-8-22-16(14)15/h9-11,13H,4-8H2,1-3H3,(H,20,21). The fraction of sp³-hybridized carbons (Fsp3) is 0.611. The van der Waals surface area contributed by atoms with E-state index in [1.54, 1.807) is 0 Å². The van der Waals surface area contributed by atoms with E-state index in [1.165, 1.54) is 18.4 Å². The molecule has 3 rings (SSSR count). The molecule has 0 saturated heterocycles. The van der Waals surface area contributed by atoms with Crippen LogP contribution in [-0.2, 0) is 4.74 Å². The van der Waals surface area contributed by atoms with Crippen LogP contribution < -0.4 is 10.1 Å². The van der Waals surface area contributed by atoms with E-state index >= 15 is 0 Å². The Morgan fingerprint density at radius 2 is 2.04 bits per heavy atom. The van der Waals surface area contributed by atoms with E-state index in [0.717, 1.165) is 29.0 Å². The zero-order valence-corrected chi connectivity index (χ0v) is 15.5. The Hall–Kier alpha value is -1.23. The largest absolute Gasteiger partial charge is 0.491 e. The molecule has 1 fully saturated rings. The van der Waals surface area contributed by atoms with Gasteiger partial charge in [-0.2, -0.15) is 0 Å². The van der Waals surface area contributed by atoms with E-state index in [4.69, 9.17) is 9.47 Å². The zero-order valence-electron chi connectivity index (χ0n) is 13.9. The molecule has 1 amide bonds. The van der Waals surface area contributed by atoms with Crippen molar-refractivity contribution in [1.82, 2.24) is 0 Å². The lowest BCUT2D eigenvalue weighted by atomic mass is 9.89. The summed E-state index contributed by atoms with van der Waals surface area (Å²) in [6.45, 7) is 6.26. The molecule has 2 aliphatic rings. The van der Waals surface area contributed by atoms with Crippen LogP contribution in [0.5, 0.6) is 5.75 Å². The normalized spacial score (nSPS) is 21.0. The Labute approximate surface area is 146 Å². The Morgan fingerprint density at radius 1 is 1.30 bits per heavy atom. The number of halogens is 1. The second-order valence-electron chi connectivity index (χ2n) is 7.43. The van der Waals surface area contributed by atoms with Crippen LogP contribution in [0.1, 0.15) is 57.9 Å².